The van der Waals surface area contributed by atoms with Gasteiger partial charge in [0.15, 0.2) is 11.6 Å². The van der Waals surface area contributed by atoms with Crippen LogP contribution in [0, 0.1) is 6.92 Å². The highest BCUT2D eigenvalue weighted by Gasteiger charge is 2.36. The van der Waals surface area contributed by atoms with E-state index >= 15 is 0 Å². The summed E-state index contributed by atoms with van der Waals surface area (Å²) in [5, 5.41) is 3.42. The first kappa shape index (κ1) is 15.0. The molecule has 0 spiro atoms. The number of hydrogen-bond donors (Lipinski definition) is 2. The number of nitrogens with one attached hydrogen (secondary N) is 1. The standard InChI is InChI=1S/C17H22N6O/c1-11-3-4-12(7-14(11)24-2)22-10-23(13-5-6-19-8-13)17-15(22)16(18)20-9-21-17/h3-4,7,9,13,19H,5-6,8,10H2,1-2H3,(H2,18,20,21)/t13-/m1/s1. The van der Waals surface area contributed by atoms with Crippen LogP contribution < -0.4 is 25.6 Å². The van der Waals surface area contributed by atoms with Crippen molar-refractivity contribution in [1.29, 1.82) is 0 Å². The molecule has 1 saturated heterocycles. The van der Waals surface area contributed by atoms with E-state index < -0.39 is 0 Å². The Morgan fingerprint density at radius 3 is 2.96 bits per heavy atom. The van der Waals surface area contributed by atoms with E-state index in [1.165, 1.54) is 0 Å². The van der Waals surface area contributed by atoms with Crippen molar-refractivity contribution in [1.82, 2.24) is 15.3 Å². The summed E-state index contributed by atoms with van der Waals surface area (Å²) in [7, 11) is 1.69. The number of fused-ring (bicyclic) bond motifs is 1. The Bertz CT molecular complexity index is 759. The molecule has 24 heavy (non-hydrogen) atoms. The summed E-state index contributed by atoms with van der Waals surface area (Å²) in [6.45, 7) is 4.76. The van der Waals surface area contributed by atoms with E-state index in [9.17, 15) is 0 Å². The summed E-state index contributed by atoms with van der Waals surface area (Å²) >= 11 is 0. The molecule has 7 heteroatoms. The molecule has 2 aliphatic heterocycles. The van der Waals surface area contributed by atoms with E-state index in [1.807, 2.05) is 13.0 Å². The summed E-state index contributed by atoms with van der Waals surface area (Å²) in [5.74, 6) is 2.29. The maximum atomic E-state index is 6.19. The van der Waals surface area contributed by atoms with Crippen molar-refractivity contribution in [3.63, 3.8) is 0 Å². The maximum Gasteiger partial charge on any atom is 0.160 e. The second-order valence-electron chi connectivity index (χ2n) is 6.27. The van der Waals surface area contributed by atoms with E-state index in [-0.39, 0.29) is 0 Å². The van der Waals surface area contributed by atoms with Crippen molar-refractivity contribution in [3.05, 3.63) is 30.1 Å². The van der Waals surface area contributed by atoms with Gasteiger partial charge in [0, 0.05) is 24.3 Å². The van der Waals surface area contributed by atoms with Gasteiger partial charge in [-0.2, -0.15) is 0 Å². The normalized spacial score (nSPS) is 19.7. The minimum absolute atomic E-state index is 0.426. The van der Waals surface area contributed by atoms with Crippen LogP contribution in [0.2, 0.25) is 0 Å². The Labute approximate surface area is 141 Å². The van der Waals surface area contributed by atoms with Gasteiger partial charge in [0.1, 0.15) is 17.8 Å². The number of anilines is 4. The van der Waals surface area contributed by atoms with E-state index in [4.69, 9.17) is 10.5 Å². The zero-order chi connectivity index (χ0) is 16.7. The van der Waals surface area contributed by atoms with E-state index in [0.29, 0.717) is 11.9 Å². The van der Waals surface area contributed by atoms with Crippen molar-refractivity contribution in [2.24, 2.45) is 0 Å². The average Bonchev–Trinajstić information content (AvgIpc) is 3.23. The van der Waals surface area contributed by atoms with Gasteiger partial charge >= 0.3 is 0 Å². The molecule has 0 saturated carbocycles. The molecule has 0 amide bonds. The van der Waals surface area contributed by atoms with Crippen molar-refractivity contribution in [2.75, 3.05) is 42.4 Å². The number of rotatable bonds is 3. The van der Waals surface area contributed by atoms with Crippen LogP contribution in [0.4, 0.5) is 23.0 Å². The van der Waals surface area contributed by atoms with Gasteiger partial charge in [-0.3, -0.25) is 0 Å². The largest absolute Gasteiger partial charge is 0.496 e. The second-order valence-corrected chi connectivity index (χ2v) is 6.27. The monoisotopic (exact) mass is 326 g/mol. The van der Waals surface area contributed by atoms with Crippen LogP contribution in [-0.2, 0) is 0 Å². The number of methoxy groups -OCH3 is 1. The Balaban J connectivity index is 1.77. The first-order chi connectivity index (χ1) is 11.7. The molecular formula is C17H22N6O. The van der Waals surface area contributed by atoms with Crippen LogP contribution in [0.3, 0.4) is 0 Å². The molecule has 2 aromatic rings. The first-order valence-corrected chi connectivity index (χ1v) is 8.19. The number of nitrogens with two attached hydrogens (primary N) is 1. The minimum Gasteiger partial charge on any atom is -0.496 e. The van der Waals surface area contributed by atoms with E-state index in [2.05, 4.69) is 37.2 Å². The van der Waals surface area contributed by atoms with Gasteiger partial charge in [0.05, 0.1) is 13.8 Å². The highest BCUT2D eigenvalue weighted by atomic mass is 16.5. The number of aromatic nitrogens is 2. The molecule has 3 N–H and O–H groups in total. The van der Waals surface area contributed by atoms with Crippen molar-refractivity contribution >= 4 is 23.0 Å². The summed E-state index contributed by atoms with van der Waals surface area (Å²) in [4.78, 5) is 13.2. The number of benzene rings is 1. The lowest BCUT2D eigenvalue weighted by Gasteiger charge is -2.26. The first-order valence-electron chi connectivity index (χ1n) is 8.19. The Morgan fingerprint density at radius 1 is 1.33 bits per heavy atom. The highest BCUT2D eigenvalue weighted by Crippen LogP contribution is 2.44. The van der Waals surface area contributed by atoms with Gasteiger partial charge in [-0.15, -0.1) is 0 Å². The Kier molecular flexibility index (Phi) is 3.65. The lowest BCUT2D eigenvalue weighted by Crippen LogP contribution is -2.39. The van der Waals surface area contributed by atoms with E-state index in [0.717, 1.165) is 54.7 Å². The topological polar surface area (TPSA) is 79.5 Å². The van der Waals surface area contributed by atoms with Gasteiger partial charge in [0.2, 0.25) is 0 Å². The zero-order valence-electron chi connectivity index (χ0n) is 14.0. The molecule has 2 aliphatic rings. The van der Waals surface area contributed by atoms with Crippen LogP contribution in [0.25, 0.3) is 0 Å². The molecule has 0 unspecified atom stereocenters. The lowest BCUT2D eigenvalue weighted by molar-refractivity contribution is 0.412. The molecule has 0 bridgehead atoms. The summed E-state index contributed by atoms with van der Waals surface area (Å²) in [5.41, 5.74) is 9.22. The predicted molar refractivity (Wildman–Crippen MR) is 94.9 cm³/mol. The third kappa shape index (κ3) is 2.32. The smallest absolute Gasteiger partial charge is 0.160 e. The number of hydrogen-bond acceptors (Lipinski definition) is 7. The third-order valence-corrected chi connectivity index (χ3v) is 4.85. The van der Waals surface area contributed by atoms with Gasteiger partial charge in [-0.25, -0.2) is 9.97 Å². The third-order valence-electron chi connectivity index (χ3n) is 4.85. The minimum atomic E-state index is 0.426. The second kappa shape index (κ2) is 5.83. The van der Waals surface area contributed by atoms with Crippen LogP contribution >= 0.6 is 0 Å². The molecule has 126 valence electrons. The van der Waals surface area contributed by atoms with Crippen LogP contribution in [-0.4, -0.2) is 42.9 Å². The quantitative estimate of drug-likeness (QED) is 0.888. The molecule has 0 radical (unpaired) electrons. The molecule has 7 nitrogen and oxygen atoms in total. The van der Waals surface area contributed by atoms with Gasteiger partial charge < -0.3 is 25.6 Å². The average molecular weight is 326 g/mol. The SMILES string of the molecule is COc1cc(N2CN([C@@H]3CCNC3)c3ncnc(N)c32)ccc1C. The fourth-order valence-electron chi connectivity index (χ4n) is 3.52. The molecule has 4 rings (SSSR count). The summed E-state index contributed by atoms with van der Waals surface area (Å²) in [6.07, 6.45) is 2.65. The molecule has 1 aromatic carbocycles. The summed E-state index contributed by atoms with van der Waals surface area (Å²) < 4.78 is 5.48. The highest BCUT2D eigenvalue weighted by molar-refractivity contribution is 5.87. The number of ether oxygens (including phenoxy) is 1. The number of aryl methyl sites for hydroxylation is 1. The van der Waals surface area contributed by atoms with Gasteiger partial charge in [0.25, 0.3) is 0 Å². The molecule has 1 aromatic heterocycles. The fraction of sp³-hybridized carbons (Fsp3) is 0.412. The van der Waals surface area contributed by atoms with Crippen LogP contribution in [0.5, 0.6) is 5.75 Å². The van der Waals surface area contributed by atoms with Crippen LogP contribution in [0.15, 0.2) is 24.5 Å². The molecule has 1 atom stereocenters. The number of nitrogens with zero attached hydrogens (tertiary/aromatic N) is 4. The Hall–Kier alpha value is -2.54. The lowest BCUT2D eigenvalue weighted by atomic mass is 10.2. The molecule has 0 aliphatic carbocycles. The van der Waals surface area contributed by atoms with E-state index in [1.54, 1.807) is 13.4 Å². The molecule has 3 heterocycles. The van der Waals surface area contributed by atoms with Crippen molar-refractivity contribution in [2.45, 2.75) is 19.4 Å². The Morgan fingerprint density at radius 2 is 2.21 bits per heavy atom. The fourth-order valence-corrected chi connectivity index (χ4v) is 3.52. The van der Waals surface area contributed by atoms with Gasteiger partial charge in [-0.05, 0) is 31.5 Å². The molecular weight excluding hydrogens is 304 g/mol. The van der Waals surface area contributed by atoms with Gasteiger partial charge in [-0.1, -0.05) is 6.07 Å². The zero-order valence-corrected chi connectivity index (χ0v) is 14.0. The summed E-state index contributed by atoms with van der Waals surface area (Å²) in [6, 6.07) is 6.62. The molecule has 1 fully saturated rings. The predicted octanol–water partition coefficient (Wildman–Crippen LogP) is 1.65. The van der Waals surface area contributed by atoms with Crippen molar-refractivity contribution in [3.8, 4) is 5.75 Å². The van der Waals surface area contributed by atoms with Crippen LogP contribution in [0.1, 0.15) is 12.0 Å². The van der Waals surface area contributed by atoms with Crippen molar-refractivity contribution < 1.29 is 4.74 Å². The number of nitrogen functional groups attached to an aromatic ring is 1. The maximum absolute atomic E-state index is 6.19.